The number of thiazole rings is 1. The number of para-hydroxylation sites is 1. The Balaban J connectivity index is 0.00000256. The third kappa shape index (κ3) is 4.79. The second-order valence-corrected chi connectivity index (χ2v) is 8.80. The molecule has 0 radical (unpaired) electrons. The zero-order valence-electron chi connectivity index (χ0n) is 16.3. The Hall–Kier alpha value is -2.11. The molecule has 0 bridgehead atoms. The highest BCUT2D eigenvalue weighted by molar-refractivity contribution is 7.22. The van der Waals surface area contributed by atoms with Gasteiger partial charge in [-0.1, -0.05) is 34.8 Å². The number of nitro groups is 1. The van der Waals surface area contributed by atoms with Crippen LogP contribution in [0.2, 0.25) is 0 Å². The Kier molecular flexibility index (Phi) is 7.37. The van der Waals surface area contributed by atoms with E-state index in [9.17, 15) is 14.9 Å². The van der Waals surface area contributed by atoms with Gasteiger partial charge in [-0.3, -0.25) is 24.7 Å². The summed E-state index contributed by atoms with van der Waals surface area (Å²) in [6.07, 6.45) is 0. The number of nitrogens with zero attached hydrogens (tertiary/aromatic N) is 4. The van der Waals surface area contributed by atoms with Crippen molar-refractivity contribution < 1.29 is 14.5 Å². The number of aromatic nitrogens is 1. The van der Waals surface area contributed by atoms with E-state index >= 15 is 0 Å². The van der Waals surface area contributed by atoms with Crippen molar-refractivity contribution in [1.29, 1.82) is 0 Å². The number of ether oxygens (including phenoxy) is 1. The summed E-state index contributed by atoms with van der Waals surface area (Å²) in [6.45, 7) is 6.17. The first-order chi connectivity index (χ1) is 14.0. The molecule has 30 heavy (non-hydrogen) atoms. The zero-order chi connectivity index (χ0) is 20.4. The van der Waals surface area contributed by atoms with Crippen molar-refractivity contribution in [2.75, 3.05) is 44.3 Å². The maximum atomic E-state index is 13.3. The topological polar surface area (TPSA) is 88.8 Å². The fourth-order valence-corrected chi connectivity index (χ4v) is 5.05. The molecule has 1 saturated heterocycles. The van der Waals surface area contributed by atoms with Crippen LogP contribution < -0.4 is 4.90 Å². The van der Waals surface area contributed by atoms with Gasteiger partial charge in [0, 0.05) is 32.2 Å². The predicted molar refractivity (Wildman–Crippen MR) is 122 cm³/mol. The number of aryl methyl sites for hydroxylation is 1. The van der Waals surface area contributed by atoms with Crippen molar-refractivity contribution in [3.05, 3.63) is 50.9 Å². The van der Waals surface area contributed by atoms with E-state index in [1.165, 1.54) is 23.5 Å². The summed E-state index contributed by atoms with van der Waals surface area (Å²) in [5.41, 5.74) is 1.94. The van der Waals surface area contributed by atoms with Gasteiger partial charge in [0.2, 0.25) is 0 Å². The fourth-order valence-electron chi connectivity index (χ4n) is 3.21. The Morgan fingerprint density at radius 3 is 2.70 bits per heavy atom. The molecule has 0 saturated carbocycles. The number of thiophene rings is 1. The van der Waals surface area contributed by atoms with E-state index in [4.69, 9.17) is 9.72 Å². The number of hydrogen-bond donors (Lipinski definition) is 0. The summed E-state index contributed by atoms with van der Waals surface area (Å²) < 4.78 is 6.41. The molecule has 0 atom stereocenters. The molecule has 1 aliphatic heterocycles. The van der Waals surface area contributed by atoms with Crippen LogP contribution in [0.1, 0.15) is 15.2 Å². The molecule has 1 fully saturated rings. The monoisotopic (exact) mass is 468 g/mol. The summed E-state index contributed by atoms with van der Waals surface area (Å²) in [4.78, 5) is 32.8. The number of hydrogen-bond acceptors (Lipinski definition) is 8. The molecule has 4 rings (SSSR count). The van der Waals surface area contributed by atoms with Gasteiger partial charge in [-0.25, -0.2) is 4.98 Å². The van der Waals surface area contributed by atoms with Crippen molar-refractivity contribution in [1.82, 2.24) is 9.88 Å². The summed E-state index contributed by atoms with van der Waals surface area (Å²) >= 11 is 2.36. The van der Waals surface area contributed by atoms with Gasteiger partial charge >= 0.3 is 5.00 Å². The quantitative estimate of drug-likeness (QED) is 0.401. The molecule has 1 aromatic carbocycles. The molecule has 2 aromatic heterocycles. The van der Waals surface area contributed by atoms with Crippen LogP contribution in [-0.4, -0.2) is 60.1 Å². The molecule has 3 heterocycles. The Bertz CT molecular complexity index is 1050. The van der Waals surface area contributed by atoms with E-state index in [0.717, 1.165) is 40.2 Å². The van der Waals surface area contributed by atoms with Gasteiger partial charge in [-0.05, 0) is 24.6 Å². The Labute approximate surface area is 187 Å². The van der Waals surface area contributed by atoms with Crippen LogP contribution in [0.5, 0.6) is 0 Å². The summed E-state index contributed by atoms with van der Waals surface area (Å²) in [5, 5.41) is 11.6. The number of rotatable bonds is 6. The van der Waals surface area contributed by atoms with E-state index in [0.29, 0.717) is 36.3 Å². The predicted octanol–water partition coefficient (Wildman–Crippen LogP) is 3.98. The molecule has 0 unspecified atom stereocenters. The van der Waals surface area contributed by atoms with Gasteiger partial charge in [0.1, 0.15) is 0 Å². The molecule has 3 aromatic rings. The maximum absolute atomic E-state index is 13.3. The van der Waals surface area contributed by atoms with Gasteiger partial charge in [-0.2, -0.15) is 0 Å². The Morgan fingerprint density at radius 1 is 1.27 bits per heavy atom. The largest absolute Gasteiger partial charge is 0.379 e. The summed E-state index contributed by atoms with van der Waals surface area (Å²) in [6, 6.07) is 8.85. The minimum atomic E-state index is -0.472. The van der Waals surface area contributed by atoms with Gasteiger partial charge in [-0.15, -0.1) is 12.4 Å². The number of amides is 1. The highest BCUT2D eigenvalue weighted by Crippen LogP contribution is 2.33. The molecule has 11 heteroatoms. The van der Waals surface area contributed by atoms with E-state index in [2.05, 4.69) is 4.90 Å². The molecule has 1 amide bonds. The van der Waals surface area contributed by atoms with E-state index in [1.807, 2.05) is 25.1 Å². The third-order valence-electron chi connectivity index (χ3n) is 4.81. The average molecular weight is 469 g/mol. The van der Waals surface area contributed by atoms with Crippen molar-refractivity contribution in [3.63, 3.8) is 0 Å². The van der Waals surface area contributed by atoms with Crippen LogP contribution in [0.4, 0.5) is 10.1 Å². The lowest BCUT2D eigenvalue weighted by Gasteiger charge is -2.29. The van der Waals surface area contributed by atoms with Crippen molar-refractivity contribution >= 4 is 61.3 Å². The first-order valence-electron chi connectivity index (χ1n) is 9.25. The number of anilines is 1. The first-order valence-corrected chi connectivity index (χ1v) is 10.9. The van der Waals surface area contributed by atoms with Gasteiger partial charge in [0.25, 0.3) is 5.91 Å². The van der Waals surface area contributed by atoms with Crippen molar-refractivity contribution in [3.8, 4) is 0 Å². The molecule has 8 nitrogen and oxygen atoms in total. The van der Waals surface area contributed by atoms with Crippen LogP contribution in [0.15, 0.2) is 30.3 Å². The number of halogens is 1. The Morgan fingerprint density at radius 2 is 2.03 bits per heavy atom. The maximum Gasteiger partial charge on any atom is 0.324 e. The zero-order valence-corrected chi connectivity index (χ0v) is 18.7. The molecule has 0 spiro atoms. The highest BCUT2D eigenvalue weighted by Gasteiger charge is 2.25. The second kappa shape index (κ2) is 9.80. The number of morpholine rings is 1. The van der Waals surface area contributed by atoms with E-state index < -0.39 is 4.92 Å². The lowest BCUT2D eigenvalue weighted by molar-refractivity contribution is -0.380. The lowest BCUT2D eigenvalue weighted by atomic mass is 10.2. The minimum Gasteiger partial charge on any atom is -0.379 e. The first kappa shape index (κ1) is 22.6. The molecule has 1 aliphatic rings. The van der Waals surface area contributed by atoms with Crippen LogP contribution in [-0.2, 0) is 4.74 Å². The van der Waals surface area contributed by atoms with Gasteiger partial charge in [0.15, 0.2) is 5.13 Å². The lowest BCUT2D eigenvalue weighted by Crippen LogP contribution is -2.43. The molecule has 160 valence electrons. The summed E-state index contributed by atoms with van der Waals surface area (Å²) in [7, 11) is 0. The summed E-state index contributed by atoms with van der Waals surface area (Å²) in [5.74, 6) is -0.256. The number of fused-ring (bicyclic) bond motifs is 1. The van der Waals surface area contributed by atoms with Crippen LogP contribution in [0, 0.1) is 17.0 Å². The average Bonchev–Trinajstić information content (AvgIpc) is 3.37. The number of carbonyl (C=O) groups excluding carboxylic acids is 1. The fraction of sp³-hybridized carbons (Fsp3) is 0.368. The van der Waals surface area contributed by atoms with Crippen LogP contribution in [0.3, 0.4) is 0 Å². The second-order valence-electron chi connectivity index (χ2n) is 6.72. The standard InChI is InChI=1S/C19H20N4O4S2.ClH/c1-13-3-2-4-14-17(13)20-19(29-14)22(8-7-21-9-11-27-12-10-21)18(24)15-5-6-16(28-15)23(25)26;/h2-6H,7-12H2,1H3;1H. The van der Waals surface area contributed by atoms with Gasteiger partial charge < -0.3 is 4.74 Å². The third-order valence-corrected chi connectivity index (χ3v) is 6.88. The minimum absolute atomic E-state index is 0. The molecular formula is C19H21ClN4O4S2. The van der Waals surface area contributed by atoms with Crippen molar-refractivity contribution in [2.24, 2.45) is 0 Å². The molecule has 0 aliphatic carbocycles. The van der Waals surface area contributed by atoms with Crippen LogP contribution in [0.25, 0.3) is 10.2 Å². The molecule has 0 N–H and O–H groups in total. The van der Waals surface area contributed by atoms with Crippen molar-refractivity contribution in [2.45, 2.75) is 6.92 Å². The smallest absolute Gasteiger partial charge is 0.324 e. The number of benzene rings is 1. The highest BCUT2D eigenvalue weighted by atomic mass is 35.5. The SMILES string of the molecule is Cc1cccc2sc(N(CCN3CCOCC3)C(=O)c3ccc([N+](=O)[O-])s3)nc12.Cl. The number of carbonyl (C=O) groups is 1. The van der Waals surface area contributed by atoms with E-state index in [1.54, 1.807) is 4.90 Å². The normalized spacial score (nSPS) is 14.4. The van der Waals surface area contributed by atoms with E-state index in [-0.39, 0.29) is 23.3 Å². The van der Waals surface area contributed by atoms with Gasteiger partial charge in [0.05, 0.1) is 33.2 Å². The van der Waals surface area contributed by atoms with Crippen LogP contribution >= 0.6 is 35.1 Å². The molecular weight excluding hydrogens is 448 g/mol.